The normalized spacial score (nSPS) is 10.1. The summed E-state index contributed by atoms with van der Waals surface area (Å²) < 4.78 is 10.4. The van der Waals surface area contributed by atoms with Gasteiger partial charge in [0.05, 0.1) is 0 Å². The SMILES string of the molecule is C=C[Si](OCC)OCC. The molecule has 0 atom stereocenters. The molecule has 3 heteroatoms. The molecule has 0 aromatic rings. The molecular formula is C6H13O2Si. The molecule has 0 aromatic carbocycles. The average molecular weight is 145 g/mol. The standard InChI is InChI=1S/C6H13O2Si/c1-4-7-9(6-3)8-5-2/h6H,3-5H2,1-2H3. The maximum atomic E-state index is 5.19. The Morgan fingerprint density at radius 2 is 1.78 bits per heavy atom. The third kappa shape index (κ3) is 4.38. The fourth-order valence-electron chi connectivity index (χ4n) is 0.444. The fourth-order valence-corrected chi connectivity index (χ4v) is 1.33. The van der Waals surface area contributed by atoms with E-state index in [-0.39, 0.29) is 0 Å². The minimum Gasteiger partial charge on any atom is -0.391 e. The van der Waals surface area contributed by atoms with E-state index in [4.69, 9.17) is 8.85 Å². The quantitative estimate of drug-likeness (QED) is 0.542. The van der Waals surface area contributed by atoms with Crippen molar-refractivity contribution in [1.82, 2.24) is 0 Å². The second-order valence-corrected chi connectivity index (χ2v) is 3.01. The lowest BCUT2D eigenvalue weighted by Gasteiger charge is -2.06. The van der Waals surface area contributed by atoms with Crippen LogP contribution in [0.2, 0.25) is 0 Å². The lowest BCUT2D eigenvalue weighted by Crippen LogP contribution is -2.19. The van der Waals surface area contributed by atoms with Crippen molar-refractivity contribution >= 4 is 9.28 Å². The van der Waals surface area contributed by atoms with Crippen molar-refractivity contribution in [3.05, 3.63) is 12.3 Å². The van der Waals surface area contributed by atoms with Gasteiger partial charge in [0.1, 0.15) is 0 Å². The molecule has 0 unspecified atom stereocenters. The molecule has 0 aliphatic rings. The first kappa shape index (κ1) is 8.88. The van der Waals surface area contributed by atoms with Gasteiger partial charge in [-0.25, -0.2) is 0 Å². The largest absolute Gasteiger partial charge is 0.415 e. The van der Waals surface area contributed by atoms with Gasteiger partial charge < -0.3 is 8.85 Å². The molecule has 0 saturated heterocycles. The fraction of sp³-hybridized carbons (Fsp3) is 0.667. The summed E-state index contributed by atoms with van der Waals surface area (Å²) in [5.74, 6) is 0. The Balaban J connectivity index is 3.29. The molecule has 0 rings (SSSR count). The average Bonchev–Trinajstić information content (AvgIpc) is 1.88. The Morgan fingerprint density at radius 3 is 2.00 bits per heavy atom. The van der Waals surface area contributed by atoms with Crippen LogP contribution < -0.4 is 0 Å². The monoisotopic (exact) mass is 145 g/mol. The maximum Gasteiger partial charge on any atom is 0.415 e. The van der Waals surface area contributed by atoms with Crippen LogP contribution in [0.1, 0.15) is 13.8 Å². The van der Waals surface area contributed by atoms with E-state index in [0.717, 1.165) is 0 Å². The van der Waals surface area contributed by atoms with Crippen molar-refractivity contribution in [2.75, 3.05) is 13.2 Å². The highest BCUT2D eigenvalue weighted by molar-refractivity contribution is 6.50. The molecule has 0 bridgehead atoms. The van der Waals surface area contributed by atoms with E-state index in [0.29, 0.717) is 13.2 Å². The molecule has 0 amide bonds. The molecular weight excluding hydrogens is 132 g/mol. The molecule has 0 aliphatic carbocycles. The van der Waals surface area contributed by atoms with E-state index >= 15 is 0 Å². The van der Waals surface area contributed by atoms with E-state index in [1.54, 1.807) is 5.70 Å². The summed E-state index contributed by atoms with van der Waals surface area (Å²) >= 11 is 0. The summed E-state index contributed by atoms with van der Waals surface area (Å²) in [7, 11) is -1.12. The second-order valence-electron chi connectivity index (χ2n) is 1.39. The Hall–Kier alpha value is -0.123. The molecule has 2 nitrogen and oxygen atoms in total. The van der Waals surface area contributed by atoms with Crippen LogP contribution in [0.5, 0.6) is 0 Å². The highest BCUT2D eigenvalue weighted by Gasteiger charge is 2.06. The van der Waals surface area contributed by atoms with Gasteiger partial charge in [-0.3, -0.25) is 0 Å². The second kappa shape index (κ2) is 6.00. The topological polar surface area (TPSA) is 18.5 Å². The zero-order valence-electron chi connectivity index (χ0n) is 6.02. The predicted molar refractivity (Wildman–Crippen MR) is 39.2 cm³/mol. The molecule has 0 aromatic heterocycles. The van der Waals surface area contributed by atoms with Crippen LogP contribution in [0.3, 0.4) is 0 Å². The maximum absolute atomic E-state index is 5.19. The summed E-state index contributed by atoms with van der Waals surface area (Å²) in [6, 6.07) is 0. The van der Waals surface area contributed by atoms with Crippen LogP contribution in [0.15, 0.2) is 12.3 Å². The molecule has 0 saturated carbocycles. The van der Waals surface area contributed by atoms with Gasteiger partial charge in [0.15, 0.2) is 0 Å². The van der Waals surface area contributed by atoms with Crippen LogP contribution in [-0.2, 0) is 8.85 Å². The Morgan fingerprint density at radius 1 is 1.33 bits per heavy atom. The van der Waals surface area contributed by atoms with Gasteiger partial charge in [0.25, 0.3) is 0 Å². The third-order valence-corrected chi connectivity index (χ3v) is 2.22. The molecule has 0 spiro atoms. The first-order valence-corrected chi connectivity index (χ1v) is 4.49. The highest BCUT2D eigenvalue weighted by Crippen LogP contribution is 1.88. The third-order valence-electron chi connectivity index (χ3n) is 0.740. The van der Waals surface area contributed by atoms with E-state index in [9.17, 15) is 0 Å². The summed E-state index contributed by atoms with van der Waals surface area (Å²) in [6.07, 6.45) is 0. The first-order valence-electron chi connectivity index (χ1n) is 3.10. The van der Waals surface area contributed by atoms with Crippen molar-refractivity contribution < 1.29 is 8.85 Å². The number of rotatable bonds is 5. The molecule has 0 N–H and O–H groups in total. The highest BCUT2D eigenvalue weighted by atomic mass is 28.3. The van der Waals surface area contributed by atoms with Crippen molar-refractivity contribution in [2.45, 2.75) is 13.8 Å². The van der Waals surface area contributed by atoms with Crippen molar-refractivity contribution in [3.63, 3.8) is 0 Å². The Bertz CT molecular complexity index is 69.5. The van der Waals surface area contributed by atoms with Crippen molar-refractivity contribution in [3.8, 4) is 0 Å². The van der Waals surface area contributed by atoms with E-state index < -0.39 is 9.28 Å². The zero-order valence-corrected chi connectivity index (χ0v) is 7.02. The lowest BCUT2D eigenvalue weighted by atomic mass is 10.9. The number of hydrogen-bond donors (Lipinski definition) is 0. The summed E-state index contributed by atoms with van der Waals surface area (Å²) in [4.78, 5) is 0. The molecule has 0 fully saturated rings. The van der Waals surface area contributed by atoms with Gasteiger partial charge in [-0.05, 0) is 19.5 Å². The summed E-state index contributed by atoms with van der Waals surface area (Å²) in [5, 5.41) is 0. The van der Waals surface area contributed by atoms with Crippen LogP contribution in [0.4, 0.5) is 0 Å². The van der Waals surface area contributed by atoms with Gasteiger partial charge >= 0.3 is 9.28 Å². The van der Waals surface area contributed by atoms with Crippen molar-refractivity contribution in [2.24, 2.45) is 0 Å². The molecule has 53 valence electrons. The van der Waals surface area contributed by atoms with Crippen molar-refractivity contribution in [1.29, 1.82) is 0 Å². The minimum absolute atomic E-state index is 0.709. The molecule has 1 radical (unpaired) electrons. The Kier molecular flexibility index (Phi) is 5.92. The molecule has 0 aliphatic heterocycles. The van der Waals surface area contributed by atoms with Crippen LogP contribution >= 0.6 is 0 Å². The van der Waals surface area contributed by atoms with Crippen LogP contribution in [0.25, 0.3) is 0 Å². The van der Waals surface area contributed by atoms with Crippen LogP contribution in [0, 0.1) is 0 Å². The van der Waals surface area contributed by atoms with Gasteiger partial charge in [0, 0.05) is 13.2 Å². The van der Waals surface area contributed by atoms with E-state index in [1.807, 2.05) is 13.8 Å². The van der Waals surface area contributed by atoms with Gasteiger partial charge in [-0.2, -0.15) is 0 Å². The van der Waals surface area contributed by atoms with Gasteiger partial charge in [-0.15, -0.1) is 6.58 Å². The summed E-state index contributed by atoms with van der Waals surface area (Å²) in [5.41, 5.74) is 1.75. The van der Waals surface area contributed by atoms with E-state index in [1.165, 1.54) is 0 Å². The first-order chi connectivity index (χ1) is 4.35. The smallest absolute Gasteiger partial charge is 0.391 e. The molecule has 9 heavy (non-hydrogen) atoms. The van der Waals surface area contributed by atoms with Gasteiger partial charge in [-0.1, -0.05) is 0 Å². The predicted octanol–water partition coefficient (Wildman–Crippen LogP) is 1.27. The molecule has 0 heterocycles. The zero-order chi connectivity index (χ0) is 7.11. The van der Waals surface area contributed by atoms with Crippen LogP contribution in [-0.4, -0.2) is 22.5 Å². The lowest BCUT2D eigenvalue weighted by molar-refractivity contribution is 0.224. The minimum atomic E-state index is -1.12. The Labute approximate surface area is 58.3 Å². The van der Waals surface area contributed by atoms with Gasteiger partial charge in [0.2, 0.25) is 0 Å². The van der Waals surface area contributed by atoms with E-state index in [2.05, 4.69) is 6.58 Å². The summed E-state index contributed by atoms with van der Waals surface area (Å²) in [6.45, 7) is 8.91. The number of hydrogen-bond acceptors (Lipinski definition) is 2.